The summed E-state index contributed by atoms with van der Waals surface area (Å²) in [7, 11) is 3.65. The van der Waals surface area contributed by atoms with E-state index in [1.54, 1.807) is 25.5 Å². The van der Waals surface area contributed by atoms with Crippen LogP contribution in [0.1, 0.15) is 19.2 Å². The molecule has 0 spiro atoms. The minimum atomic E-state index is -0.194. The van der Waals surface area contributed by atoms with Gasteiger partial charge in [-0.3, -0.25) is 4.99 Å². The lowest BCUT2D eigenvalue weighted by atomic mass is 10.2. The molecule has 0 unspecified atom stereocenters. The lowest BCUT2D eigenvalue weighted by Crippen LogP contribution is -2.40. The standard InChI is InChI=1S/C18H28FN7/c1-4-17-24-23-14-26(17)13-11-22-18(20-2)21-10-7-12-25(3)16-9-6-5-8-15(16)19/h5-6,8-9,14H,4,7,10-13H2,1-3H3,(H2,20,21,22). The predicted octanol–water partition coefficient (Wildman–Crippen LogP) is 1.67. The molecule has 0 amide bonds. The van der Waals surface area contributed by atoms with Gasteiger partial charge in [-0.1, -0.05) is 19.1 Å². The highest BCUT2D eigenvalue weighted by Crippen LogP contribution is 2.16. The number of halogens is 1. The first-order valence-corrected chi connectivity index (χ1v) is 8.92. The molecule has 8 heteroatoms. The average molecular weight is 361 g/mol. The molecule has 0 bridgehead atoms. The van der Waals surface area contributed by atoms with E-state index in [-0.39, 0.29) is 5.82 Å². The van der Waals surface area contributed by atoms with Crippen LogP contribution in [0.25, 0.3) is 0 Å². The SMILES string of the molecule is CCc1nncn1CCNC(=NC)NCCCN(C)c1ccccc1F. The van der Waals surface area contributed by atoms with Crippen LogP contribution in [0.5, 0.6) is 0 Å². The Balaban J connectivity index is 1.66. The van der Waals surface area contributed by atoms with Crippen molar-refractivity contribution in [1.29, 1.82) is 0 Å². The van der Waals surface area contributed by atoms with E-state index < -0.39 is 0 Å². The zero-order valence-corrected chi connectivity index (χ0v) is 15.7. The topological polar surface area (TPSA) is 70.4 Å². The van der Waals surface area contributed by atoms with Gasteiger partial charge in [0.2, 0.25) is 0 Å². The Morgan fingerprint density at radius 1 is 1.27 bits per heavy atom. The maximum absolute atomic E-state index is 13.7. The predicted molar refractivity (Wildman–Crippen MR) is 103 cm³/mol. The molecule has 0 atom stereocenters. The fraction of sp³-hybridized carbons (Fsp3) is 0.500. The van der Waals surface area contributed by atoms with Crippen molar-refractivity contribution in [2.24, 2.45) is 4.99 Å². The zero-order valence-electron chi connectivity index (χ0n) is 15.7. The lowest BCUT2D eigenvalue weighted by molar-refractivity contribution is 0.617. The number of aliphatic imine (C=N–C) groups is 1. The van der Waals surface area contributed by atoms with Gasteiger partial charge < -0.3 is 20.1 Å². The van der Waals surface area contributed by atoms with Crippen molar-refractivity contribution in [1.82, 2.24) is 25.4 Å². The first-order valence-electron chi connectivity index (χ1n) is 8.92. The van der Waals surface area contributed by atoms with Crippen molar-refractivity contribution in [2.45, 2.75) is 26.3 Å². The van der Waals surface area contributed by atoms with Gasteiger partial charge in [0.1, 0.15) is 18.0 Å². The van der Waals surface area contributed by atoms with Gasteiger partial charge in [0.05, 0.1) is 5.69 Å². The zero-order chi connectivity index (χ0) is 18.8. The molecule has 2 rings (SSSR count). The van der Waals surface area contributed by atoms with Crippen LogP contribution in [0.15, 0.2) is 35.6 Å². The molecule has 1 aromatic carbocycles. The molecule has 0 radical (unpaired) electrons. The third-order valence-electron chi connectivity index (χ3n) is 4.11. The minimum absolute atomic E-state index is 0.194. The summed E-state index contributed by atoms with van der Waals surface area (Å²) >= 11 is 0. The van der Waals surface area contributed by atoms with E-state index in [1.807, 2.05) is 22.6 Å². The van der Waals surface area contributed by atoms with Crippen molar-refractivity contribution in [3.63, 3.8) is 0 Å². The van der Waals surface area contributed by atoms with Crippen molar-refractivity contribution < 1.29 is 4.39 Å². The summed E-state index contributed by atoms with van der Waals surface area (Å²) in [5, 5.41) is 14.6. The smallest absolute Gasteiger partial charge is 0.191 e. The summed E-state index contributed by atoms with van der Waals surface area (Å²) in [6.07, 6.45) is 3.48. The number of benzene rings is 1. The Kier molecular flexibility index (Phi) is 7.85. The summed E-state index contributed by atoms with van der Waals surface area (Å²) in [5.74, 6) is 1.54. The van der Waals surface area contributed by atoms with E-state index >= 15 is 0 Å². The number of aryl methyl sites for hydroxylation is 1. The van der Waals surface area contributed by atoms with E-state index in [1.165, 1.54) is 6.07 Å². The Bertz CT molecular complexity index is 698. The van der Waals surface area contributed by atoms with Crippen LogP contribution >= 0.6 is 0 Å². The number of para-hydroxylation sites is 1. The normalized spacial score (nSPS) is 11.5. The summed E-state index contributed by atoms with van der Waals surface area (Å²) < 4.78 is 15.8. The van der Waals surface area contributed by atoms with Gasteiger partial charge in [0.25, 0.3) is 0 Å². The van der Waals surface area contributed by atoms with Crippen LogP contribution in [0.4, 0.5) is 10.1 Å². The van der Waals surface area contributed by atoms with E-state index in [0.717, 1.165) is 50.8 Å². The fourth-order valence-corrected chi connectivity index (χ4v) is 2.66. The van der Waals surface area contributed by atoms with Crippen LogP contribution in [0, 0.1) is 5.82 Å². The molecule has 0 aliphatic carbocycles. The highest BCUT2D eigenvalue weighted by atomic mass is 19.1. The second kappa shape index (κ2) is 10.4. The van der Waals surface area contributed by atoms with Crippen molar-refractivity contribution in [2.75, 3.05) is 38.6 Å². The monoisotopic (exact) mass is 361 g/mol. The van der Waals surface area contributed by atoms with Crippen LogP contribution in [-0.4, -0.2) is 54.5 Å². The Hall–Kier alpha value is -2.64. The average Bonchev–Trinajstić information content (AvgIpc) is 3.11. The van der Waals surface area contributed by atoms with Gasteiger partial charge in [-0.25, -0.2) is 4.39 Å². The molecule has 0 saturated heterocycles. The highest BCUT2D eigenvalue weighted by Gasteiger charge is 2.06. The third-order valence-corrected chi connectivity index (χ3v) is 4.11. The number of hydrogen-bond acceptors (Lipinski definition) is 4. The first kappa shape index (κ1) is 19.7. The molecule has 7 nitrogen and oxygen atoms in total. The molecule has 142 valence electrons. The van der Waals surface area contributed by atoms with Crippen LogP contribution < -0.4 is 15.5 Å². The van der Waals surface area contributed by atoms with Gasteiger partial charge in [-0.05, 0) is 18.6 Å². The molecule has 0 fully saturated rings. The summed E-state index contributed by atoms with van der Waals surface area (Å²) in [6, 6.07) is 6.82. The van der Waals surface area contributed by atoms with E-state index in [2.05, 4.69) is 32.7 Å². The lowest BCUT2D eigenvalue weighted by Gasteiger charge is -2.20. The maximum Gasteiger partial charge on any atom is 0.191 e. The Labute approximate surface area is 154 Å². The third kappa shape index (κ3) is 5.72. The molecule has 1 heterocycles. The molecular weight excluding hydrogens is 333 g/mol. The van der Waals surface area contributed by atoms with E-state index in [9.17, 15) is 4.39 Å². The summed E-state index contributed by atoms with van der Waals surface area (Å²) in [6.45, 7) is 5.09. The maximum atomic E-state index is 13.7. The molecule has 1 aromatic heterocycles. The number of aromatic nitrogens is 3. The molecule has 0 saturated carbocycles. The van der Waals surface area contributed by atoms with Crippen molar-refractivity contribution in [3.8, 4) is 0 Å². The van der Waals surface area contributed by atoms with Gasteiger partial charge in [-0.2, -0.15) is 0 Å². The molecule has 2 N–H and O–H groups in total. The van der Waals surface area contributed by atoms with E-state index in [4.69, 9.17) is 0 Å². The Morgan fingerprint density at radius 2 is 2.04 bits per heavy atom. The fourth-order valence-electron chi connectivity index (χ4n) is 2.66. The van der Waals surface area contributed by atoms with Crippen molar-refractivity contribution in [3.05, 3.63) is 42.2 Å². The Morgan fingerprint density at radius 3 is 2.77 bits per heavy atom. The number of nitrogens with one attached hydrogen (secondary N) is 2. The van der Waals surface area contributed by atoms with Gasteiger partial charge in [-0.15, -0.1) is 10.2 Å². The van der Waals surface area contributed by atoms with Gasteiger partial charge >= 0.3 is 0 Å². The van der Waals surface area contributed by atoms with Crippen LogP contribution in [0.3, 0.4) is 0 Å². The number of nitrogens with zero attached hydrogens (tertiary/aromatic N) is 5. The van der Waals surface area contributed by atoms with Gasteiger partial charge in [0.15, 0.2) is 5.96 Å². The molecular formula is C18H28FN7. The summed E-state index contributed by atoms with van der Waals surface area (Å²) in [5.41, 5.74) is 0.621. The van der Waals surface area contributed by atoms with E-state index in [0.29, 0.717) is 5.69 Å². The molecule has 26 heavy (non-hydrogen) atoms. The van der Waals surface area contributed by atoms with Crippen molar-refractivity contribution >= 4 is 11.6 Å². The number of rotatable bonds is 9. The second-order valence-electron chi connectivity index (χ2n) is 5.95. The minimum Gasteiger partial charge on any atom is -0.372 e. The molecule has 2 aromatic rings. The highest BCUT2D eigenvalue weighted by molar-refractivity contribution is 5.79. The second-order valence-corrected chi connectivity index (χ2v) is 5.95. The quantitative estimate of drug-likeness (QED) is 0.404. The van der Waals surface area contributed by atoms with Crippen LogP contribution in [-0.2, 0) is 13.0 Å². The first-order chi connectivity index (χ1) is 12.7. The largest absolute Gasteiger partial charge is 0.372 e. The number of anilines is 1. The van der Waals surface area contributed by atoms with Gasteiger partial charge in [0, 0.05) is 46.7 Å². The van der Waals surface area contributed by atoms with Crippen LogP contribution in [0.2, 0.25) is 0 Å². The molecule has 0 aliphatic rings. The number of hydrogen-bond donors (Lipinski definition) is 2. The summed E-state index contributed by atoms with van der Waals surface area (Å²) in [4.78, 5) is 6.14. The molecule has 0 aliphatic heterocycles. The number of guanidine groups is 1.